The smallest absolute Gasteiger partial charge is 0.200 e. The topological polar surface area (TPSA) is 46.2 Å². The average molecular weight is 592 g/mol. The minimum Gasteiger partial charge on any atom is -0.497 e. The zero-order valence-corrected chi connectivity index (χ0v) is 25.9. The highest BCUT2D eigenvalue weighted by Gasteiger charge is 2.46. The zero-order valence-electron chi connectivity index (χ0n) is 23.3. The molecule has 0 amide bonds. The van der Waals surface area contributed by atoms with E-state index in [2.05, 4.69) is 69.6 Å². The van der Waals surface area contributed by atoms with E-state index in [9.17, 15) is 0 Å². The summed E-state index contributed by atoms with van der Waals surface area (Å²) in [5, 5.41) is 0. The fourth-order valence-electron chi connectivity index (χ4n) is 5.52. The molecule has 1 aliphatic heterocycles. The second-order valence-electron chi connectivity index (χ2n) is 10.7. The van der Waals surface area contributed by atoms with E-state index in [1.165, 1.54) is 0 Å². The Morgan fingerprint density at radius 2 is 1.35 bits per heavy atom. The van der Waals surface area contributed by atoms with Crippen LogP contribution in [0, 0.1) is 0 Å². The monoisotopic (exact) mass is 590 g/mol. The third-order valence-electron chi connectivity index (χ3n) is 7.37. The first-order valence-corrected chi connectivity index (χ1v) is 16.2. The summed E-state index contributed by atoms with van der Waals surface area (Å²) in [5.41, 5.74) is 3.66. The quantitative estimate of drug-likeness (QED) is 0.221. The van der Waals surface area contributed by atoms with Crippen molar-refractivity contribution in [2.45, 2.75) is 89.7 Å². The third kappa shape index (κ3) is 7.70. The molecular weight excluding hydrogens is 548 g/mol. The van der Waals surface area contributed by atoms with E-state index in [1.807, 2.05) is 42.5 Å². The second-order valence-corrected chi connectivity index (χ2v) is 17.0. The van der Waals surface area contributed by atoms with Gasteiger partial charge in [-0.3, -0.25) is 0 Å². The summed E-state index contributed by atoms with van der Waals surface area (Å²) in [6.45, 7) is 15.2. The van der Waals surface area contributed by atoms with Crippen molar-refractivity contribution < 1.29 is 23.4 Å². The molecule has 0 saturated carbocycles. The van der Waals surface area contributed by atoms with Gasteiger partial charge in [0.15, 0.2) is 0 Å². The van der Waals surface area contributed by atoms with Crippen LogP contribution < -0.4 is 4.74 Å². The molecule has 0 N–H and O–H groups in total. The number of hydrogen-bond acceptors (Lipinski definition) is 5. The molecule has 3 rings (SSSR count). The first kappa shape index (κ1) is 29.9. The lowest BCUT2D eigenvalue weighted by Gasteiger charge is -2.44. The maximum atomic E-state index is 6.91. The predicted octanol–water partition coefficient (Wildman–Crippen LogP) is 8.03. The lowest BCUT2D eigenvalue weighted by Crippen LogP contribution is -2.52. The van der Waals surface area contributed by atoms with Crippen LogP contribution in [0.25, 0.3) is 0 Å². The molecular formula is C30H43BrO5Si. The third-order valence-corrected chi connectivity index (χ3v) is 14.0. The highest BCUT2D eigenvalue weighted by atomic mass is 79.9. The van der Waals surface area contributed by atoms with Gasteiger partial charge in [-0.15, -0.1) is 0 Å². The van der Waals surface area contributed by atoms with Crippen molar-refractivity contribution in [1.29, 1.82) is 0 Å². The highest BCUT2D eigenvalue weighted by Crippen LogP contribution is 2.42. The number of benzene rings is 2. The normalized spacial score (nSPS) is 20.0. The molecule has 1 heterocycles. The number of ether oxygens (including phenoxy) is 4. The van der Waals surface area contributed by atoms with E-state index in [1.54, 1.807) is 13.4 Å². The summed E-state index contributed by atoms with van der Waals surface area (Å²) >= 11 is 3.50. The van der Waals surface area contributed by atoms with Crippen LogP contribution in [0.5, 0.6) is 5.75 Å². The van der Waals surface area contributed by atoms with E-state index in [0.717, 1.165) is 21.3 Å². The molecule has 2 aromatic carbocycles. The van der Waals surface area contributed by atoms with Gasteiger partial charge in [0.2, 0.25) is 8.32 Å². The minimum absolute atomic E-state index is 0.252. The van der Waals surface area contributed by atoms with E-state index in [-0.39, 0.29) is 18.3 Å². The summed E-state index contributed by atoms with van der Waals surface area (Å²) < 4.78 is 32.3. The molecule has 1 aliphatic rings. The SMILES string of the molecule is COc1ccc(CO[C@H]2[C@H](OCc3ccc(Br)cc3)C=CO[C@@H]2CO[Si](C(C)C)(C(C)C)C(C)C)cc1. The van der Waals surface area contributed by atoms with Gasteiger partial charge in [0.05, 0.1) is 33.2 Å². The van der Waals surface area contributed by atoms with E-state index < -0.39 is 8.32 Å². The van der Waals surface area contributed by atoms with Crippen LogP contribution in [-0.2, 0) is 31.9 Å². The predicted molar refractivity (Wildman–Crippen MR) is 155 cm³/mol. The van der Waals surface area contributed by atoms with Gasteiger partial charge in [0.25, 0.3) is 0 Å². The maximum Gasteiger partial charge on any atom is 0.200 e. The number of methoxy groups -OCH3 is 1. The molecule has 5 nitrogen and oxygen atoms in total. The molecule has 37 heavy (non-hydrogen) atoms. The van der Waals surface area contributed by atoms with Gasteiger partial charge in [0.1, 0.15) is 24.1 Å². The lowest BCUT2D eigenvalue weighted by molar-refractivity contribution is -0.139. The first-order valence-electron chi connectivity index (χ1n) is 13.2. The van der Waals surface area contributed by atoms with Crippen LogP contribution >= 0.6 is 15.9 Å². The number of rotatable bonds is 13. The van der Waals surface area contributed by atoms with Crippen molar-refractivity contribution >= 4 is 24.2 Å². The summed E-state index contributed by atoms with van der Waals surface area (Å²) in [6, 6.07) is 16.1. The Hall–Kier alpha value is -1.64. The fourth-order valence-corrected chi connectivity index (χ4v) is 11.2. The molecule has 0 unspecified atom stereocenters. The van der Waals surface area contributed by atoms with Gasteiger partial charge in [-0.05, 0) is 58.1 Å². The van der Waals surface area contributed by atoms with Crippen LogP contribution in [0.2, 0.25) is 16.6 Å². The Morgan fingerprint density at radius 3 is 1.89 bits per heavy atom. The Morgan fingerprint density at radius 1 is 0.811 bits per heavy atom. The molecule has 0 aliphatic carbocycles. The average Bonchev–Trinajstić information content (AvgIpc) is 2.87. The first-order chi connectivity index (χ1) is 17.7. The molecule has 0 bridgehead atoms. The van der Waals surface area contributed by atoms with Gasteiger partial charge in [-0.2, -0.15) is 0 Å². The number of hydrogen-bond donors (Lipinski definition) is 0. The Balaban J connectivity index is 1.77. The van der Waals surface area contributed by atoms with Crippen molar-refractivity contribution in [1.82, 2.24) is 0 Å². The maximum absolute atomic E-state index is 6.91. The lowest BCUT2D eigenvalue weighted by atomic mass is 10.1. The largest absolute Gasteiger partial charge is 0.497 e. The van der Waals surface area contributed by atoms with Crippen LogP contribution in [0.4, 0.5) is 0 Å². The van der Waals surface area contributed by atoms with Crippen molar-refractivity contribution in [2.24, 2.45) is 0 Å². The van der Waals surface area contributed by atoms with Gasteiger partial charge in [-0.25, -0.2) is 0 Å². The van der Waals surface area contributed by atoms with Crippen LogP contribution in [-0.4, -0.2) is 40.3 Å². The molecule has 7 heteroatoms. The van der Waals surface area contributed by atoms with E-state index in [4.69, 9.17) is 23.4 Å². The Bertz CT molecular complexity index is 953. The fraction of sp³-hybridized carbons (Fsp3) is 0.533. The summed E-state index contributed by atoms with van der Waals surface area (Å²) in [4.78, 5) is 0. The standard InChI is InChI=1S/C30H43BrO5Si/c1-21(2)37(22(3)4,23(5)6)36-20-29-30(35-19-25-10-14-27(32-7)15-11-25)28(16-17-33-29)34-18-24-8-12-26(31)13-9-24/h8-17,21-23,28-30H,18-20H2,1-7H3/t28-,29-,30+/m1/s1. The molecule has 0 spiro atoms. The highest BCUT2D eigenvalue weighted by molar-refractivity contribution is 9.10. The zero-order chi connectivity index (χ0) is 27.0. The van der Waals surface area contributed by atoms with E-state index >= 15 is 0 Å². The van der Waals surface area contributed by atoms with Crippen LogP contribution in [0.15, 0.2) is 65.3 Å². The molecule has 0 aromatic heterocycles. The van der Waals surface area contributed by atoms with Gasteiger partial charge in [0, 0.05) is 4.47 Å². The van der Waals surface area contributed by atoms with Gasteiger partial charge >= 0.3 is 0 Å². The van der Waals surface area contributed by atoms with Crippen molar-refractivity contribution in [3.8, 4) is 5.75 Å². The molecule has 2 aromatic rings. The summed E-state index contributed by atoms with van der Waals surface area (Å²) in [7, 11) is -0.385. The summed E-state index contributed by atoms with van der Waals surface area (Å²) in [6.07, 6.45) is 2.88. The summed E-state index contributed by atoms with van der Waals surface area (Å²) in [5.74, 6) is 0.826. The van der Waals surface area contributed by atoms with Gasteiger partial charge in [-0.1, -0.05) is 81.7 Å². The minimum atomic E-state index is -2.06. The number of halogens is 1. The second kappa shape index (κ2) is 13.9. The Kier molecular flexibility index (Phi) is 11.3. The van der Waals surface area contributed by atoms with Gasteiger partial charge < -0.3 is 23.4 Å². The van der Waals surface area contributed by atoms with Crippen molar-refractivity contribution in [2.75, 3.05) is 13.7 Å². The molecule has 204 valence electrons. The Labute approximate surface area is 232 Å². The van der Waals surface area contributed by atoms with Crippen LogP contribution in [0.1, 0.15) is 52.7 Å². The van der Waals surface area contributed by atoms with Crippen LogP contribution in [0.3, 0.4) is 0 Å². The molecule has 3 atom stereocenters. The van der Waals surface area contributed by atoms with Crippen molar-refractivity contribution in [3.05, 3.63) is 76.5 Å². The molecule has 0 saturated heterocycles. The molecule has 0 radical (unpaired) electrons. The molecule has 0 fully saturated rings. The van der Waals surface area contributed by atoms with Crippen molar-refractivity contribution in [3.63, 3.8) is 0 Å². The van der Waals surface area contributed by atoms with E-state index in [0.29, 0.717) is 36.4 Å².